The quantitative estimate of drug-likeness (QED) is 0.116. The molecule has 0 N–H and O–H groups in total. The van der Waals surface area contributed by atoms with Crippen LogP contribution in [0.3, 0.4) is 0 Å². The molecule has 8 aromatic heterocycles. The van der Waals surface area contributed by atoms with Crippen molar-refractivity contribution in [3.63, 3.8) is 0 Å². The van der Waals surface area contributed by atoms with Crippen molar-refractivity contribution in [2.45, 2.75) is 140 Å². The molecule has 8 nitrogen and oxygen atoms in total. The maximum absolute atomic E-state index is 5.02. The number of fused-ring (bicyclic) bond motifs is 18. The van der Waals surface area contributed by atoms with Gasteiger partial charge in [0.25, 0.3) is 0 Å². The summed E-state index contributed by atoms with van der Waals surface area (Å²) in [4.78, 5) is 10.0. The van der Waals surface area contributed by atoms with E-state index in [1.54, 1.807) is 0 Å². The average molecular weight is 1830 g/mol. The second-order valence-corrected chi connectivity index (χ2v) is 39.2. The Morgan fingerprint density at radius 3 is 0.603 bits per heavy atom. The molecule has 0 atom stereocenters. The zero-order valence-corrected chi connectivity index (χ0v) is 83.5. The summed E-state index contributed by atoms with van der Waals surface area (Å²) in [7, 11) is 0. The maximum Gasteiger partial charge on any atom is 0.0710 e. The van der Waals surface area contributed by atoms with Gasteiger partial charge in [-0.25, -0.2) is 9.97 Å². The van der Waals surface area contributed by atoms with Crippen LogP contribution < -0.4 is 0 Å². The van der Waals surface area contributed by atoms with E-state index in [0.717, 1.165) is 45.0 Å². The van der Waals surface area contributed by atoms with E-state index in [0.29, 0.717) is 30.2 Å². The summed E-state index contributed by atoms with van der Waals surface area (Å²) in [5.74, 6) is 0. The lowest BCUT2D eigenvalue weighted by Crippen LogP contribution is -2.00. The zero-order valence-electron chi connectivity index (χ0n) is 83.5. The Hall–Kier alpha value is -16.2. The molecule has 0 aliphatic heterocycles. The predicted molar refractivity (Wildman–Crippen MR) is 607 cm³/mol. The van der Waals surface area contributed by atoms with Gasteiger partial charge in [-0.05, 0) is 271 Å². The lowest BCUT2D eigenvalue weighted by atomic mass is 10.0. The molecule has 0 bridgehead atoms. The van der Waals surface area contributed by atoms with Gasteiger partial charge in [0.1, 0.15) is 0 Å². The molecule has 0 radical (unpaired) electrons. The van der Waals surface area contributed by atoms with Crippen molar-refractivity contribution in [3.05, 3.63) is 447 Å². The predicted octanol–water partition coefficient (Wildman–Crippen LogP) is 37.6. The molecule has 0 amide bonds. The standard InChI is InChI=1S/C37H29N3.C27H23N.C21H19N.C17H19N.C16H17N.C15H15N/c1-25(2)40-36-23-28(34-17-9-15-32(38-34)26-11-5-3-6-12-26)19-21-30(36)31-22-20-29(24-37(31)40)35-18-10-16-33(39-35)27-13-7-4-8-14-27;1-19(2)28-26-15-13-22(20-9-5-3-6-10-20)17-24(26)25-18-23(14-16-27(25)28)21-11-7-4-8-12-21;1-15(2)22-20-11-7-6-10-18(20)19-14-17(12-13-21(19)22)16-8-4-3-5-9-16;1-11(2)18-16-7-5-12(3)9-14(16)15-10-13(4)6-8-17(15)18;1-11(2)17-15-7-5-4-6-13(15)14-10-12(3)8-9-16(14)17;1-11(2)16-14-9-5-3-7-12(14)13-8-4-6-10-15(13)16/h3-25H,1-2H3;3-19H,1-2H3;3-15H,1-2H3;5-11H,1-4H3;4-11H,1-3H3;3-11H,1-2H3. The number of hydrogen-bond acceptors (Lipinski definition) is 2. The third-order valence-corrected chi connectivity index (χ3v) is 27.6. The van der Waals surface area contributed by atoms with Gasteiger partial charge in [-0.2, -0.15) is 0 Å². The highest BCUT2D eigenvalue weighted by Gasteiger charge is 2.22. The molecule has 8 heteroatoms. The van der Waals surface area contributed by atoms with E-state index in [1.165, 1.54) is 181 Å². The number of benzene rings is 17. The van der Waals surface area contributed by atoms with Gasteiger partial charge in [0.05, 0.1) is 33.8 Å². The summed E-state index contributed by atoms with van der Waals surface area (Å²) in [5.41, 5.74) is 35.7. The second-order valence-electron chi connectivity index (χ2n) is 39.2. The normalized spacial score (nSPS) is 11.6. The van der Waals surface area contributed by atoms with Crippen molar-refractivity contribution < 1.29 is 0 Å². The first-order valence-corrected chi connectivity index (χ1v) is 50.1. The number of hydrogen-bond donors (Lipinski definition) is 0. The monoisotopic (exact) mass is 1830 g/mol. The number of rotatable bonds is 13. The highest BCUT2D eigenvalue weighted by Crippen LogP contribution is 2.43. The molecule has 0 fully saturated rings. The summed E-state index contributed by atoms with van der Waals surface area (Å²) in [6.45, 7) is 33.4. The van der Waals surface area contributed by atoms with Crippen LogP contribution in [0.4, 0.5) is 0 Å². The topological polar surface area (TPSA) is 55.4 Å². The molecule has 141 heavy (non-hydrogen) atoms. The van der Waals surface area contributed by atoms with Crippen LogP contribution in [0.5, 0.6) is 0 Å². The van der Waals surface area contributed by atoms with Gasteiger partial charge < -0.3 is 27.4 Å². The molecule has 8 heterocycles. The molecule has 0 saturated heterocycles. The van der Waals surface area contributed by atoms with Gasteiger partial charge in [-0.1, -0.05) is 314 Å². The third-order valence-electron chi connectivity index (χ3n) is 27.6. The van der Waals surface area contributed by atoms with E-state index in [1.807, 2.05) is 12.1 Å². The van der Waals surface area contributed by atoms with Gasteiger partial charge in [0, 0.05) is 178 Å². The number of nitrogens with zero attached hydrogens (tertiary/aromatic N) is 8. The number of aryl methyl sites for hydroxylation is 3. The molecule has 17 aromatic carbocycles. The number of pyridine rings is 2. The zero-order chi connectivity index (χ0) is 97.2. The highest BCUT2D eigenvalue weighted by molar-refractivity contribution is 6.15. The van der Waals surface area contributed by atoms with Crippen molar-refractivity contribution in [3.8, 4) is 78.4 Å². The minimum absolute atomic E-state index is 0.290. The summed E-state index contributed by atoms with van der Waals surface area (Å²) in [6, 6.07) is 157. The van der Waals surface area contributed by atoms with E-state index in [2.05, 4.69) is 550 Å². The van der Waals surface area contributed by atoms with Gasteiger partial charge in [-0.3, -0.25) is 0 Å². The van der Waals surface area contributed by atoms with E-state index in [4.69, 9.17) is 9.97 Å². The Morgan fingerprint density at radius 1 is 0.135 bits per heavy atom. The van der Waals surface area contributed by atoms with E-state index < -0.39 is 0 Å². The fourth-order valence-corrected chi connectivity index (χ4v) is 21.3. The maximum atomic E-state index is 5.02. The first-order chi connectivity index (χ1) is 68.7. The SMILES string of the molecule is CC(C)n1c2cc(-c3cccc(-c4ccccc4)n3)ccc2c2ccc(-c3cccc(-c4ccccc4)n3)cc21.CC(C)n1c2ccc(-c3ccccc3)cc2c2cc(-c3ccccc3)ccc21.CC(C)n1c2ccccc2c2cc(-c3ccccc3)ccc21.CC(C)n1c2ccccc2c2ccccc21.Cc1ccc2c(c1)c1cc(C)ccc1n2C(C)C.Cc1ccc2c(c1)c1ccccc1n2C(C)C. The fourth-order valence-electron chi connectivity index (χ4n) is 21.3. The molecule has 0 saturated carbocycles. The van der Waals surface area contributed by atoms with Crippen LogP contribution in [-0.2, 0) is 0 Å². The molecule has 0 aliphatic carbocycles. The molecule has 25 aromatic rings. The Bertz CT molecular complexity index is 8470. The summed E-state index contributed by atoms with van der Waals surface area (Å²) in [6.07, 6.45) is 0. The fraction of sp³-hybridized carbons (Fsp3) is 0.158. The molecule has 694 valence electrons. The third kappa shape index (κ3) is 18.4. The Morgan fingerprint density at radius 2 is 0.326 bits per heavy atom. The lowest BCUT2D eigenvalue weighted by Gasteiger charge is -2.13. The highest BCUT2D eigenvalue weighted by atomic mass is 15.0. The van der Waals surface area contributed by atoms with Gasteiger partial charge in [-0.15, -0.1) is 0 Å². The van der Waals surface area contributed by atoms with Crippen LogP contribution in [-0.4, -0.2) is 37.4 Å². The first kappa shape index (κ1) is 92.5. The minimum Gasteiger partial charge on any atom is -0.338 e. The van der Waals surface area contributed by atoms with Crippen LogP contribution in [0.15, 0.2) is 431 Å². The smallest absolute Gasteiger partial charge is 0.0710 e. The minimum atomic E-state index is 0.290. The molecule has 0 aliphatic rings. The van der Waals surface area contributed by atoms with Crippen molar-refractivity contribution in [2.75, 3.05) is 0 Å². The lowest BCUT2D eigenvalue weighted by molar-refractivity contribution is 0.642. The number of para-hydroxylation sites is 4. The molecular formula is C133H122N8. The van der Waals surface area contributed by atoms with Crippen LogP contribution >= 0.6 is 0 Å². The summed E-state index contributed by atoms with van der Waals surface area (Å²) in [5, 5.41) is 16.0. The van der Waals surface area contributed by atoms with Crippen LogP contribution in [0, 0.1) is 20.8 Å². The van der Waals surface area contributed by atoms with Gasteiger partial charge >= 0.3 is 0 Å². The molecular weight excluding hydrogens is 1710 g/mol. The van der Waals surface area contributed by atoms with E-state index in [-0.39, 0.29) is 6.04 Å². The molecule has 0 unspecified atom stereocenters. The van der Waals surface area contributed by atoms with Crippen molar-refractivity contribution >= 4 is 131 Å². The second kappa shape index (κ2) is 40.1. The first-order valence-electron chi connectivity index (χ1n) is 50.1. The number of aromatic nitrogens is 8. The van der Waals surface area contributed by atoms with Crippen LogP contribution in [0.2, 0.25) is 0 Å². The Labute approximate surface area is 828 Å². The Balaban J connectivity index is 0.000000107. The average Bonchev–Trinajstić information content (AvgIpc) is 1.22. The van der Waals surface area contributed by atoms with Crippen molar-refractivity contribution in [1.82, 2.24) is 37.4 Å². The van der Waals surface area contributed by atoms with E-state index in [9.17, 15) is 0 Å². The van der Waals surface area contributed by atoms with Crippen molar-refractivity contribution in [2.24, 2.45) is 0 Å². The Kier molecular flexibility index (Phi) is 26.3. The van der Waals surface area contributed by atoms with Gasteiger partial charge in [0.15, 0.2) is 0 Å². The van der Waals surface area contributed by atoms with Crippen molar-refractivity contribution in [1.29, 1.82) is 0 Å². The largest absolute Gasteiger partial charge is 0.338 e. The molecule has 0 spiro atoms. The summed E-state index contributed by atoms with van der Waals surface area (Å²) >= 11 is 0. The van der Waals surface area contributed by atoms with Crippen LogP contribution in [0.1, 0.15) is 136 Å². The summed E-state index contributed by atoms with van der Waals surface area (Å²) < 4.78 is 14.6. The molecule has 25 rings (SSSR count). The van der Waals surface area contributed by atoms with Gasteiger partial charge in [0.2, 0.25) is 0 Å². The van der Waals surface area contributed by atoms with E-state index >= 15 is 0 Å². The van der Waals surface area contributed by atoms with Crippen LogP contribution in [0.25, 0.3) is 209 Å².